The van der Waals surface area contributed by atoms with E-state index in [1.807, 2.05) is 4.90 Å². The summed E-state index contributed by atoms with van der Waals surface area (Å²) in [5.41, 5.74) is 3.30. The van der Waals surface area contributed by atoms with Crippen LogP contribution in [-0.2, 0) is 0 Å². The number of hydrogen-bond donors (Lipinski definition) is 0. The minimum absolute atomic E-state index is 0.0560. The van der Waals surface area contributed by atoms with E-state index in [4.69, 9.17) is 9.47 Å². The van der Waals surface area contributed by atoms with Gasteiger partial charge in [0, 0.05) is 62.6 Å². The number of methoxy groups -OCH3 is 2. The zero-order valence-corrected chi connectivity index (χ0v) is 18.8. The Hall–Kier alpha value is -2.73. The fourth-order valence-electron chi connectivity index (χ4n) is 4.80. The van der Waals surface area contributed by atoms with Crippen LogP contribution in [0, 0.1) is 6.92 Å². The highest BCUT2D eigenvalue weighted by Gasteiger charge is 2.31. The minimum atomic E-state index is 0.0560. The number of para-hydroxylation sites is 1. The number of anilines is 1. The van der Waals surface area contributed by atoms with Crippen molar-refractivity contribution in [1.29, 1.82) is 0 Å². The number of likely N-dealkylation sites (tertiary alicyclic amines) is 1. The second-order valence-electron chi connectivity index (χ2n) is 8.46. The molecule has 2 aliphatic rings. The van der Waals surface area contributed by atoms with Gasteiger partial charge in [-0.1, -0.05) is 18.2 Å². The molecule has 1 unspecified atom stereocenters. The summed E-state index contributed by atoms with van der Waals surface area (Å²) in [6.07, 6.45) is 2.19. The summed E-state index contributed by atoms with van der Waals surface area (Å²) in [5, 5.41) is 0. The number of amides is 1. The molecule has 2 heterocycles. The molecule has 4 rings (SSSR count). The van der Waals surface area contributed by atoms with Crippen molar-refractivity contribution in [2.24, 2.45) is 0 Å². The molecule has 0 N–H and O–H groups in total. The number of carbonyl (C=O) groups is 1. The summed E-state index contributed by atoms with van der Waals surface area (Å²) >= 11 is 0. The number of benzene rings is 2. The van der Waals surface area contributed by atoms with Crippen molar-refractivity contribution < 1.29 is 14.3 Å². The van der Waals surface area contributed by atoms with Crippen molar-refractivity contribution >= 4 is 11.6 Å². The molecule has 0 spiro atoms. The highest BCUT2D eigenvalue weighted by atomic mass is 16.5. The normalized spacial score (nSPS) is 19.9. The fraction of sp³-hybridized carbons (Fsp3) is 0.480. The van der Waals surface area contributed by atoms with Gasteiger partial charge in [0.25, 0.3) is 5.91 Å². The molecule has 166 valence electrons. The Morgan fingerprint density at radius 2 is 1.61 bits per heavy atom. The number of rotatable bonds is 5. The molecule has 0 saturated carbocycles. The van der Waals surface area contributed by atoms with Crippen LogP contribution >= 0.6 is 0 Å². The molecule has 6 heteroatoms. The van der Waals surface area contributed by atoms with Gasteiger partial charge in [-0.05, 0) is 43.5 Å². The number of nitrogens with zero attached hydrogens (tertiary/aromatic N) is 3. The highest BCUT2D eigenvalue weighted by Crippen LogP contribution is 2.26. The van der Waals surface area contributed by atoms with Crippen molar-refractivity contribution in [2.45, 2.75) is 25.8 Å². The van der Waals surface area contributed by atoms with Crippen molar-refractivity contribution in [3.63, 3.8) is 0 Å². The van der Waals surface area contributed by atoms with Gasteiger partial charge in [0.1, 0.15) is 11.5 Å². The van der Waals surface area contributed by atoms with Gasteiger partial charge in [0.05, 0.1) is 14.2 Å². The van der Waals surface area contributed by atoms with E-state index in [1.165, 1.54) is 11.3 Å². The first-order chi connectivity index (χ1) is 15.1. The lowest BCUT2D eigenvalue weighted by atomic mass is 10.0. The van der Waals surface area contributed by atoms with E-state index in [0.717, 1.165) is 52.1 Å². The molecule has 6 nitrogen and oxygen atoms in total. The largest absolute Gasteiger partial charge is 0.497 e. The summed E-state index contributed by atoms with van der Waals surface area (Å²) in [6, 6.07) is 14.4. The van der Waals surface area contributed by atoms with Gasteiger partial charge in [-0.2, -0.15) is 0 Å². The first-order valence-corrected chi connectivity index (χ1v) is 11.2. The molecular weight excluding hydrogens is 390 g/mol. The van der Waals surface area contributed by atoms with Crippen LogP contribution in [0.25, 0.3) is 0 Å². The highest BCUT2D eigenvalue weighted by molar-refractivity contribution is 5.95. The van der Waals surface area contributed by atoms with Gasteiger partial charge in [-0.15, -0.1) is 0 Å². The van der Waals surface area contributed by atoms with Crippen molar-refractivity contribution in [3.8, 4) is 11.5 Å². The van der Waals surface area contributed by atoms with E-state index in [1.54, 1.807) is 32.4 Å². The lowest BCUT2D eigenvalue weighted by Gasteiger charge is -2.44. The molecule has 2 aromatic carbocycles. The van der Waals surface area contributed by atoms with E-state index >= 15 is 0 Å². The van der Waals surface area contributed by atoms with Gasteiger partial charge in [0.2, 0.25) is 0 Å². The number of piperazine rings is 1. The maximum Gasteiger partial charge on any atom is 0.254 e. The molecule has 2 aliphatic heterocycles. The van der Waals surface area contributed by atoms with Crippen LogP contribution in [0.3, 0.4) is 0 Å². The lowest BCUT2D eigenvalue weighted by Crippen LogP contribution is -2.56. The Balaban J connectivity index is 1.39. The summed E-state index contributed by atoms with van der Waals surface area (Å²) in [6.45, 7) is 7.90. The molecule has 2 saturated heterocycles. The van der Waals surface area contributed by atoms with E-state index < -0.39 is 0 Å². The van der Waals surface area contributed by atoms with Crippen LogP contribution in [-0.4, -0.2) is 75.2 Å². The topological polar surface area (TPSA) is 45.3 Å². The van der Waals surface area contributed by atoms with Crippen molar-refractivity contribution in [3.05, 3.63) is 53.6 Å². The molecule has 2 fully saturated rings. The van der Waals surface area contributed by atoms with Gasteiger partial charge in [-0.25, -0.2) is 0 Å². The van der Waals surface area contributed by atoms with E-state index in [-0.39, 0.29) is 5.91 Å². The Morgan fingerprint density at radius 1 is 0.935 bits per heavy atom. The third kappa shape index (κ3) is 4.79. The summed E-state index contributed by atoms with van der Waals surface area (Å²) in [5.74, 6) is 1.34. The van der Waals surface area contributed by atoms with Gasteiger partial charge >= 0.3 is 0 Å². The first kappa shape index (κ1) is 21.5. The predicted molar refractivity (Wildman–Crippen MR) is 123 cm³/mol. The molecule has 1 amide bonds. The minimum Gasteiger partial charge on any atom is -0.497 e. The quantitative estimate of drug-likeness (QED) is 0.737. The SMILES string of the molecule is COc1cc(OC)cc(C(=O)N2CCCC(N3CCN(c4ccccc4C)CC3)C2)c1. The Bertz CT molecular complexity index is 886. The van der Waals surface area contributed by atoms with Crippen LogP contribution in [0.1, 0.15) is 28.8 Å². The average molecular weight is 424 g/mol. The van der Waals surface area contributed by atoms with E-state index in [0.29, 0.717) is 23.1 Å². The van der Waals surface area contributed by atoms with Crippen molar-refractivity contribution in [2.75, 3.05) is 58.4 Å². The molecule has 0 bridgehead atoms. The second kappa shape index (κ2) is 9.60. The third-order valence-electron chi connectivity index (χ3n) is 6.57. The molecule has 2 aromatic rings. The Labute approximate surface area is 185 Å². The van der Waals surface area contributed by atoms with Crippen molar-refractivity contribution in [1.82, 2.24) is 9.80 Å². The standard InChI is InChI=1S/C25H33N3O3/c1-19-7-4-5-9-24(19)27-13-11-26(12-14-27)21-8-6-10-28(18-21)25(29)20-15-22(30-2)17-23(16-20)31-3/h4-5,7,9,15-17,21H,6,8,10-14,18H2,1-3H3. The fourth-order valence-corrected chi connectivity index (χ4v) is 4.80. The smallest absolute Gasteiger partial charge is 0.254 e. The summed E-state index contributed by atoms with van der Waals surface area (Å²) in [4.78, 5) is 20.3. The molecule has 1 atom stereocenters. The molecular formula is C25H33N3O3. The Kier molecular flexibility index (Phi) is 6.66. The van der Waals surface area contributed by atoms with Gasteiger partial charge < -0.3 is 19.3 Å². The zero-order valence-electron chi connectivity index (χ0n) is 18.8. The molecule has 0 aliphatic carbocycles. The average Bonchev–Trinajstić information content (AvgIpc) is 2.83. The maximum absolute atomic E-state index is 13.2. The second-order valence-corrected chi connectivity index (χ2v) is 8.46. The first-order valence-electron chi connectivity index (χ1n) is 11.2. The van der Waals surface area contributed by atoms with Gasteiger partial charge in [0.15, 0.2) is 0 Å². The molecule has 0 aromatic heterocycles. The van der Waals surface area contributed by atoms with Crippen LogP contribution < -0.4 is 14.4 Å². The lowest BCUT2D eigenvalue weighted by molar-refractivity contribution is 0.0563. The summed E-state index contributed by atoms with van der Waals surface area (Å²) in [7, 11) is 3.22. The van der Waals surface area contributed by atoms with Crippen LogP contribution in [0.5, 0.6) is 11.5 Å². The van der Waals surface area contributed by atoms with Gasteiger partial charge in [-0.3, -0.25) is 9.69 Å². The Morgan fingerprint density at radius 3 is 2.26 bits per heavy atom. The third-order valence-corrected chi connectivity index (χ3v) is 6.57. The number of aryl methyl sites for hydroxylation is 1. The number of ether oxygens (including phenoxy) is 2. The summed E-state index contributed by atoms with van der Waals surface area (Å²) < 4.78 is 10.7. The molecule has 0 radical (unpaired) electrons. The maximum atomic E-state index is 13.2. The van der Waals surface area contributed by atoms with Crippen LogP contribution in [0.15, 0.2) is 42.5 Å². The number of hydrogen-bond acceptors (Lipinski definition) is 5. The monoisotopic (exact) mass is 423 g/mol. The van der Waals surface area contributed by atoms with Crippen LogP contribution in [0.2, 0.25) is 0 Å². The predicted octanol–water partition coefficient (Wildman–Crippen LogP) is 3.44. The number of piperidine rings is 1. The van der Waals surface area contributed by atoms with E-state index in [9.17, 15) is 4.79 Å². The molecule has 31 heavy (non-hydrogen) atoms. The number of carbonyl (C=O) groups excluding carboxylic acids is 1. The zero-order chi connectivity index (χ0) is 21.8. The van der Waals surface area contributed by atoms with E-state index in [2.05, 4.69) is 41.0 Å². The van der Waals surface area contributed by atoms with Crippen LogP contribution in [0.4, 0.5) is 5.69 Å².